The molecule has 1 aliphatic rings. The summed E-state index contributed by atoms with van der Waals surface area (Å²) in [5.41, 5.74) is 10.2. The summed E-state index contributed by atoms with van der Waals surface area (Å²) in [7, 11) is 0. The first-order valence-corrected chi connectivity index (χ1v) is 12.0. The third-order valence-corrected chi connectivity index (χ3v) is 7.45. The standard InChI is InChI=1S/C21H25IN6OS/c1-12(2)10-24-17(29)6-7-28-20-18(19(23)25-11-26-20)27-21(28)30-16-9-14-5-3-4-13(14)8-15(16)22/h8-9,11-12H,3-7,10H2,1-2H3,(H,24,29)(H2,23,25,26). The zero-order chi connectivity index (χ0) is 21.3. The van der Waals surface area contributed by atoms with Crippen LogP contribution < -0.4 is 11.1 Å². The molecule has 0 unspecified atom stereocenters. The number of nitrogen functional groups attached to an aromatic ring is 1. The summed E-state index contributed by atoms with van der Waals surface area (Å²) in [4.78, 5) is 26.7. The number of aryl methyl sites for hydroxylation is 3. The van der Waals surface area contributed by atoms with E-state index < -0.39 is 0 Å². The molecule has 0 saturated carbocycles. The quantitative estimate of drug-likeness (QED) is 0.446. The highest BCUT2D eigenvalue weighted by Crippen LogP contribution is 2.37. The summed E-state index contributed by atoms with van der Waals surface area (Å²) in [5, 5.41) is 3.75. The molecule has 3 aromatic rings. The summed E-state index contributed by atoms with van der Waals surface area (Å²) in [6.45, 7) is 5.32. The number of anilines is 1. The van der Waals surface area contributed by atoms with Gasteiger partial charge in [-0.25, -0.2) is 15.0 Å². The zero-order valence-electron chi connectivity index (χ0n) is 17.1. The van der Waals surface area contributed by atoms with Gasteiger partial charge in [0.2, 0.25) is 5.91 Å². The Labute approximate surface area is 193 Å². The van der Waals surface area contributed by atoms with Gasteiger partial charge in [-0.1, -0.05) is 25.6 Å². The molecule has 9 heteroatoms. The van der Waals surface area contributed by atoms with Crippen molar-refractivity contribution < 1.29 is 4.79 Å². The first kappa shape index (κ1) is 21.4. The molecule has 7 nitrogen and oxygen atoms in total. The van der Waals surface area contributed by atoms with Crippen LogP contribution in [-0.4, -0.2) is 32.0 Å². The number of nitrogens with two attached hydrogens (primary N) is 1. The van der Waals surface area contributed by atoms with E-state index in [4.69, 9.17) is 10.7 Å². The molecule has 2 aromatic heterocycles. The Morgan fingerprint density at radius 2 is 2.07 bits per heavy atom. The number of carbonyl (C=O) groups is 1. The number of aromatic nitrogens is 4. The van der Waals surface area contributed by atoms with Crippen LogP contribution in [0.4, 0.5) is 5.82 Å². The molecule has 0 aliphatic heterocycles. The number of carbonyl (C=O) groups excluding carboxylic acids is 1. The van der Waals surface area contributed by atoms with Crippen molar-refractivity contribution >= 4 is 57.2 Å². The third-order valence-electron chi connectivity index (χ3n) is 5.14. The van der Waals surface area contributed by atoms with Crippen LogP contribution in [0.3, 0.4) is 0 Å². The van der Waals surface area contributed by atoms with Gasteiger partial charge in [0, 0.05) is 28.0 Å². The Bertz CT molecular complexity index is 1100. The van der Waals surface area contributed by atoms with Crippen molar-refractivity contribution in [2.75, 3.05) is 12.3 Å². The van der Waals surface area contributed by atoms with Gasteiger partial charge in [0.25, 0.3) is 0 Å². The van der Waals surface area contributed by atoms with Crippen molar-refractivity contribution in [3.63, 3.8) is 0 Å². The van der Waals surface area contributed by atoms with E-state index in [0.29, 0.717) is 42.4 Å². The lowest BCUT2D eigenvalue weighted by molar-refractivity contribution is -0.121. The largest absolute Gasteiger partial charge is 0.382 e. The highest BCUT2D eigenvalue weighted by atomic mass is 127. The van der Waals surface area contributed by atoms with Gasteiger partial charge in [-0.2, -0.15) is 0 Å². The van der Waals surface area contributed by atoms with Gasteiger partial charge in [0.1, 0.15) is 6.33 Å². The summed E-state index contributed by atoms with van der Waals surface area (Å²) in [6, 6.07) is 4.56. The fourth-order valence-corrected chi connectivity index (χ4v) is 5.42. The van der Waals surface area contributed by atoms with E-state index in [1.807, 2.05) is 4.57 Å². The number of nitrogens with one attached hydrogen (secondary N) is 1. The summed E-state index contributed by atoms with van der Waals surface area (Å²) in [5.74, 6) is 0.799. The van der Waals surface area contributed by atoms with E-state index in [9.17, 15) is 4.79 Å². The lowest BCUT2D eigenvalue weighted by atomic mass is 10.1. The predicted molar refractivity (Wildman–Crippen MR) is 128 cm³/mol. The van der Waals surface area contributed by atoms with E-state index in [2.05, 4.69) is 63.9 Å². The molecular weight excluding hydrogens is 511 g/mol. The van der Waals surface area contributed by atoms with Crippen LogP contribution in [0.2, 0.25) is 0 Å². The second kappa shape index (κ2) is 9.09. The first-order chi connectivity index (χ1) is 14.4. The van der Waals surface area contributed by atoms with Crippen LogP contribution in [0.1, 0.15) is 37.8 Å². The Morgan fingerprint density at radius 3 is 2.83 bits per heavy atom. The summed E-state index contributed by atoms with van der Waals surface area (Å²) in [6.07, 6.45) is 5.31. The molecule has 3 N–H and O–H groups in total. The van der Waals surface area contributed by atoms with Crippen LogP contribution in [0, 0.1) is 9.49 Å². The molecule has 158 valence electrons. The van der Waals surface area contributed by atoms with Crippen molar-refractivity contribution in [1.29, 1.82) is 0 Å². The smallest absolute Gasteiger partial charge is 0.221 e. The highest BCUT2D eigenvalue weighted by molar-refractivity contribution is 14.1. The third kappa shape index (κ3) is 4.56. The Hall–Kier alpha value is -1.88. The van der Waals surface area contributed by atoms with Crippen molar-refractivity contribution in [3.8, 4) is 0 Å². The number of nitrogens with zero attached hydrogens (tertiary/aromatic N) is 4. The van der Waals surface area contributed by atoms with Gasteiger partial charge < -0.3 is 15.6 Å². The van der Waals surface area contributed by atoms with Crippen molar-refractivity contribution in [3.05, 3.63) is 33.2 Å². The lowest BCUT2D eigenvalue weighted by Crippen LogP contribution is -2.28. The Balaban J connectivity index is 1.63. The second-order valence-corrected chi connectivity index (χ2v) is 10.1. The maximum absolute atomic E-state index is 12.3. The predicted octanol–water partition coefficient (Wildman–Crippen LogP) is 3.82. The van der Waals surface area contributed by atoms with Gasteiger partial charge in [0.15, 0.2) is 22.1 Å². The molecule has 30 heavy (non-hydrogen) atoms. The van der Waals surface area contributed by atoms with Gasteiger partial charge >= 0.3 is 0 Å². The van der Waals surface area contributed by atoms with Crippen LogP contribution in [-0.2, 0) is 24.2 Å². The van der Waals surface area contributed by atoms with E-state index in [1.54, 1.807) is 11.8 Å². The minimum Gasteiger partial charge on any atom is -0.382 e. The molecule has 1 amide bonds. The van der Waals surface area contributed by atoms with Gasteiger partial charge in [-0.05, 0) is 71.0 Å². The molecule has 0 saturated heterocycles. The molecule has 0 radical (unpaired) electrons. The number of rotatable bonds is 7. The number of halogens is 1. The van der Waals surface area contributed by atoms with Gasteiger partial charge in [0.05, 0.1) is 0 Å². The molecule has 0 fully saturated rings. The molecule has 1 aromatic carbocycles. The van der Waals surface area contributed by atoms with Gasteiger partial charge in [-0.15, -0.1) is 0 Å². The molecule has 1 aliphatic carbocycles. The molecule has 2 heterocycles. The number of amides is 1. The second-order valence-electron chi connectivity index (χ2n) is 7.93. The number of hydrogen-bond acceptors (Lipinski definition) is 6. The number of benzene rings is 1. The topological polar surface area (TPSA) is 98.7 Å². The number of fused-ring (bicyclic) bond motifs is 2. The van der Waals surface area contributed by atoms with Crippen molar-refractivity contribution in [2.45, 2.75) is 56.1 Å². The average Bonchev–Trinajstić information content (AvgIpc) is 3.29. The summed E-state index contributed by atoms with van der Waals surface area (Å²) >= 11 is 3.99. The van der Waals surface area contributed by atoms with Gasteiger partial charge in [-0.3, -0.25) is 4.79 Å². The maximum atomic E-state index is 12.3. The fraction of sp³-hybridized carbons (Fsp3) is 0.429. The number of imidazole rings is 1. The fourth-order valence-electron chi connectivity index (χ4n) is 3.58. The zero-order valence-corrected chi connectivity index (χ0v) is 20.1. The normalized spacial score (nSPS) is 13.2. The molecule has 4 rings (SSSR count). The van der Waals surface area contributed by atoms with E-state index >= 15 is 0 Å². The maximum Gasteiger partial charge on any atom is 0.221 e. The number of hydrogen-bond donors (Lipinski definition) is 2. The van der Waals surface area contributed by atoms with E-state index in [-0.39, 0.29) is 5.91 Å². The minimum absolute atomic E-state index is 0.0237. The Kier molecular flexibility index (Phi) is 6.47. The molecule has 0 spiro atoms. The average molecular weight is 536 g/mol. The summed E-state index contributed by atoms with van der Waals surface area (Å²) < 4.78 is 3.20. The van der Waals surface area contributed by atoms with Crippen LogP contribution in [0.25, 0.3) is 11.2 Å². The van der Waals surface area contributed by atoms with Crippen molar-refractivity contribution in [2.24, 2.45) is 5.92 Å². The lowest BCUT2D eigenvalue weighted by Gasteiger charge is -2.11. The highest BCUT2D eigenvalue weighted by Gasteiger charge is 2.20. The monoisotopic (exact) mass is 536 g/mol. The van der Waals surface area contributed by atoms with Crippen LogP contribution >= 0.6 is 34.4 Å². The first-order valence-electron chi connectivity index (χ1n) is 10.1. The minimum atomic E-state index is 0.0237. The Morgan fingerprint density at radius 1 is 1.30 bits per heavy atom. The van der Waals surface area contributed by atoms with Crippen molar-refractivity contribution in [1.82, 2.24) is 24.8 Å². The van der Waals surface area contributed by atoms with E-state index in [0.717, 1.165) is 18.0 Å². The van der Waals surface area contributed by atoms with Crippen LogP contribution in [0.15, 0.2) is 28.5 Å². The van der Waals surface area contributed by atoms with Crippen LogP contribution in [0.5, 0.6) is 0 Å². The molecule has 0 atom stereocenters. The SMILES string of the molecule is CC(C)CNC(=O)CCn1c(Sc2cc3c(cc2I)CCC3)nc2c(N)ncnc21. The molecule has 0 bridgehead atoms. The molecular formula is C21H25IN6OS. The van der Waals surface area contributed by atoms with E-state index in [1.165, 1.54) is 32.3 Å².